The zero-order valence-electron chi connectivity index (χ0n) is 9.58. The molecule has 2 aliphatic carbocycles. The molecule has 0 aliphatic heterocycles. The van der Waals surface area contributed by atoms with Gasteiger partial charge in [0.1, 0.15) is 0 Å². The Hall–Kier alpha value is 0.428. The van der Waals surface area contributed by atoms with Crippen LogP contribution >= 0.6 is 0 Å². The Labute approximate surface area is 105 Å². The summed E-state index contributed by atoms with van der Waals surface area (Å²) >= 11 is 1.51. The van der Waals surface area contributed by atoms with Gasteiger partial charge in [0.2, 0.25) is 0 Å². The van der Waals surface area contributed by atoms with Gasteiger partial charge in [0, 0.05) is 0 Å². The minimum atomic E-state index is 0.847. The zero-order chi connectivity index (χ0) is 10.5. The van der Waals surface area contributed by atoms with Crippen LogP contribution in [0.5, 0.6) is 0 Å². The fourth-order valence-electron chi connectivity index (χ4n) is 3.17. The van der Waals surface area contributed by atoms with E-state index >= 15 is 0 Å². The Balaban J connectivity index is 1.92. The maximum atomic E-state index is 3.56. The fourth-order valence-corrected chi connectivity index (χ4v) is 4.24. The van der Waals surface area contributed by atoms with E-state index in [1.807, 2.05) is 0 Å². The maximum absolute atomic E-state index is 3.56. The van der Waals surface area contributed by atoms with Gasteiger partial charge >= 0.3 is 105 Å². The van der Waals surface area contributed by atoms with Crippen LogP contribution in [0.4, 0.5) is 0 Å². The molecule has 0 unspecified atom stereocenters. The summed E-state index contributed by atoms with van der Waals surface area (Å²) in [5.41, 5.74) is 0. The third kappa shape index (κ3) is 3.19. The van der Waals surface area contributed by atoms with Crippen LogP contribution in [-0.2, 0) is 19.2 Å². The van der Waals surface area contributed by atoms with Gasteiger partial charge < -0.3 is 0 Å². The Morgan fingerprint density at radius 3 is 1.47 bits per heavy atom. The van der Waals surface area contributed by atoms with Gasteiger partial charge in [-0.3, -0.25) is 0 Å². The molecule has 0 N–H and O–H groups in total. The second-order valence-electron chi connectivity index (χ2n) is 5.08. The molecule has 0 aromatic carbocycles. The van der Waals surface area contributed by atoms with Crippen molar-refractivity contribution in [1.29, 1.82) is 0 Å². The Morgan fingerprint density at radius 2 is 1.13 bits per heavy atom. The average Bonchev–Trinajstić information content (AvgIpc) is 2.33. The molecule has 2 rings (SSSR count). The zero-order valence-corrected chi connectivity index (χ0v) is 12.5. The molecule has 0 heterocycles. The Kier molecular flexibility index (Phi) is 4.95. The van der Waals surface area contributed by atoms with Gasteiger partial charge in [0.25, 0.3) is 0 Å². The van der Waals surface area contributed by atoms with E-state index in [-0.39, 0.29) is 0 Å². The van der Waals surface area contributed by atoms with E-state index in [4.69, 9.17) is 0 Å². The molecule has 0 radical (unpaired) electrons. The van der Waals surface area contributed by atoms with Crippen LogP contribution in [-0.4, -0.2) is 17.0 Å². The first kappa shape index (κ1) is 11.9. The van der Waals surface area contributed by atoms with Crippen molar-refractivity contribution in [2.24, 2.45) is 0 Å². The van der Waals surface area contributed by atoms with Crippen LogP contribution in [0.2, 0.25) is 0 Å². The van der Waals surface area contributed by atoms with Crippen LogP contribution < -0.4 is 0 Å². The van der Waals surface area contributed by atoms with Crippen LogP contribution in [0, 0.1) is 4.33 Å². The average molecular weight is 376 g/mol. The van der Waals surface area contributed by atoms with Crippen molar-refractivity contribution in [3.05, 3.63) is 0 Å². The first-order chi connectivity index (χ1) is 7.42. The molecular weight excluding hydrogens is 354 g/mol. The fraction of sp³-hybridized carbons (Fsp3) is 0.923. The van der Waals surface area contributed by atoms with E-state index in [0.717, 1.165) is 12.1 Å². The SMILES string of the molecule is [W+]#[C]N(C1CCCCC1)C1CCCCC1. The Morgan fingerprint density at radius 1 is 0.733 bits per heavy atom. The Bertz CT molecular complexity index is 203. The van der Waals surface area contributed by atoms with Crippen molar-refractivity contribution in [2.75, 3.05) is 0 Å². The molecule has 0 spiro atoms. The molecule has 15 heavy (non-hydrogen) atoms. The molecule has 0 amide bonds. The van der Waals surface area contributed by atoms with Crippen molar-refractivity contribution >= 4 is 0 Å². The van der Waals surface area contributed by atoms with Gasteiger partial charge in [-0.2, -0.15) is 0 Å². The van der Waals surface area contributed by atoms with Crippen LogP contribution in [0.25, 0.3) is 0 Å². The summed E-state index contributed by atoms with van der Waals surface area (Å²) in [6.07, 6.45) is 14.4. The molecular formula is C13H22NW+. The van der Waals surface area contributed by atoms with Crippen molar-refractivity contribution in [3.8, 4) is 4.33 Å². The number of hydrogen-bond acceptors (Lipinski definition) is 1. The van der Waals surface area contributed by atoms with Crippen molar-refractivity contribution < 1.29 is 19.2 Å². The van der Waals surface area contributed by atoms with E-state index in [2.05, 4.69) is 9.23 Å². The molecule has 1 nitrogen and oxygen atoms in total. The van der Waals surface area contributed by atoms with Crippen molar-refractivity contribution in [3.63, 3.8) is 0 Å². The van der Waals surface area contributed by atoms with Crippen LogP contribution in [0.1, 0.15) is 64.2 Å². The molecule has 2 fully saturated rings. The molecule has 84 valence electrons. The monoisotopic (exact) mass is 376 g/mol. The van der Waals surface area contributed by atoms with E-state index < -0.39 is 0 Å². The topological polar surface area (TPSA) is 3.24 Å². The third-order valence-corrected chi connectivity index (χ3v) is 4.80. The summed E-state index contributed by atoms with van der Waals surface area (Å²) in [7, 11) is 0. The van der Waals surface area contributed by atoms with Gasteiger partial charge in [-0.05, 0) is 0 Å². The second-order valence-corrected chi connectivity index (χ2v) is 5.74. The number of rotatable bonds is 2. The summed E-state index contributed by atoms with van der Waals surface area (Å²) in [6, 6.07) is 1.69. The molecule has 0 atom stereocenters. The number of nitrogens with zero attached hydrogens (tertiary/aromatic N) is 1. The molecule has 2 aliphatic rings. The quantitative estimate of drug-likeness (QED) is 0.668. The third-order valence-electron chi connectivity index (χ3n) is 4.04. The predicted molar refractivity (Wildman–Crippen MR) is 59.5 cm³/mol. The van der Waals surface area contributed by atoms with E-state index in [1.165, 1.54) is 83.4 Å². The normalized spacial score (nSPS) is 25.3. The van der Waals surface area contributed by atoms with Gasteiger partial charge in [-0.25, -0.2) is 0 Å². The van der Waals surface area contributed by atoms with Gasteiger partial charge in [-0.1, -0.05) is 0 Å². The first-order valence-corrected chi connectivity index (χ1v) is 8.04. The molecule has 2 saturated carbocycles. The minimum absolute atomic E-state index is 0.847. The summed E-state index contributed by atoms with van der Waals surface area (Å²) < 4.78 is 3.56. The molecule has 0 aromatic rings. The summed E-state index contributed by atoms with van der Waals surface area (Å²) in [5, 5.41) is 0. The standard InChI is InChI=1S/C13H22N.W/c1-14(12-8-4-2-5-9-12)13-10-6-3-7-11-13;/h12-13H,2-11H2;/q;+1. The van der Waals surface area contributed by atoms with Gasteiger partial charge in [0.05, 0.1) is 0 Å². The number of hydrogen-bond donors (Lipinski definition) is 0. The van der Waals surface area contributed by atoms with E-state index in [9.17, 15) is 0 Å². The molecule has 0 saturated heterocycles. The first-order valence-electron chi connectivity index (χ1n) is 6.58. The van der Waals surface area contributed by atoms with Gasteiger partial charge in [0.15, 0.2) is 0 Å². The predicted octanol–water partition coefficient (Wildman–Crippen LogP) is 3.42. The van der Waals surface area contributed by atoms with E-state index in [0.29, 0.717) is 0 Å². The van der Waals surface area contributed by atoms with Crippen molar-refractivity contribution in [2.45, 2.75) is 76.3 Å². The summed E-state index contributed by atoms with van der Waals surface area (Å²) in [6.45, 7) is 0. The van der Waals surface area contributed by atoms with Crippen LogP contribution in [0.3, 0.4) is 0 Å². The molecule has 0 bridgehead atoms. The van der Waals surface area contributed by atoms with Gasteiger partial charge in [-0.15, -0.1) is 0 Å². The molecule has 0 aromatic heterocycles. The van der Waals surface area contributed by atoms with Crippen molar-refractivity contribution in [1.82, 2.24) is 4.90 Å². The summed E-state index contributed by atoms with van der Waals surface area (Å²) in [5.74, 6) is 0. The second kappa shape index (κ2) is 6.23. The summed E-state index contributed by atoms with van der Waals surface area (Å²) in [4.78, 5) is 2.63. The van der Waals surface area contributed by atoms with E-state index in [1.54, 1.807) is 0 Å². The van der Waals surface area contributed by atoms with Crippen LogP contribution in [0.15, 0.2) is 0 Å². The molecule has 2 heteroatoms.